The lowest BCUT2D eigenvalue weighted by Gasteiger charge is -2.30. The molecule has 0 aromatic heterocycles. The molecule has 1 fully saturated rings. The third kappa shape index (κ3) is 2.96. The first-order chi connectivity index (χ1) is 6.06. The van der Waals surface area contributed by atoms with E-state index in [9.17, 15) is 0 Å². The minimum Gasteiger partial charge on any atom is -0.312 e. The molecule has 2 heteroatoms. The highest BCUT2D eigenvalue weighted by molar-refractivity contribution is 4.92. The van der Waals surface area contributed by atoms with Crippen LogP contribution in [-0.4, -0.2) is 37.6 Å². The van der Waals surface area contributed by atoms with Gasteiger partial charge in [0.25, 0.3) is 0 Å². The molecule has 1 saturated heterocycles. The number of nitrogens with one attached hydrogen (secondary N) is 1. The zero-order valence-electron chi connectivity index (χ0n) is 9.56. The second-order valence-electron chi connectivity index (χ2n) is 5.01. The molecule has 0 aromatic carbocycles. The van der Waals surface area contributed by atoms with Crippen LogP contribution in [0, 0.1) is 5.41 Å². The Labute approximate surface area is 82.7 Å². The van der Waals surface area contributed by atoms with Gasteiger partial charge in [0.2, 0.25) is 0 Å². The van der Waals surface area contributed by atoms with Crippen LogP contribution in [0.2, 0.25) is 0 Å². The number of hydrogen-bond acceptors (Lipinski definition) is 2. The molecule has 1 aliphatic rings. The third-order valence-corrected chi connectivity index (χ3v) is 3.20. The van der Waals surface area contributed by atoms with Crippen molar-refractivity contribution in [1.82, 2.24) is 10.2 Å². The Balaban J connectivity index is 2.35. The fraction of sp³-hybridized carbons (Fsp3) is 1.00. The van der Waals surface area contributed by atoms with E-state index in [1.807, 2.05) is 0 Å². The van der Waals surface area contributed by atoms with Crippen molar-refractivity contribution in [2.45, 2.75) is 39.7 Å². The number of likely N-dealkylation sites (N-methyl/N-ethyl adjacent to an activating group) is 1. The monoisotopic (exact) mass is 184 g/mol. The molecule has 0 saturated carbocycles. The second kappa shape index (κ2) is 4.43. The van der Waals surface area contributed by atoms with Gasteiger partial charge >= 0.3 is 0 Å². The van der Waals surface area contributed by atoms with E-state index in [4.69, 9.17) is 0 Å². The smallest absolute Gasteiger partial charge is 0.0246 e. The lowest BCUT2D eigenvalue weighted by molar-refractivity contribution is 0.224. The lowest BCUT2D eigenvalue weighted by atomic mass is 9.85. The zero-order valence-corrected chi connectivity index (χ0v) is 9.56. The van der Waals surface area contributed by atoms with Gasteiger partial charge < -0.3 is 10.2 Å². The molecule has 1 N–H and O–H groups in total. The van der Waals surface area contributed by atoms with Gasteiger partial charge in [0, 0.05) is 12.6 Å². The van der Waals surface area contributed by atoms with Crippen molar-refractivity contribution in [2.24, 2.45) is 5.41 Å². The van der Waals surface area contributed by atoms with E-state index >= 15 is 0 Å². The van der Waals surface area contributed by atoms with Gasteiger partial charge in [-0.25, -0.2) is 0 Å². The molecule has 0 spiro atoms. The predicted octanol–water partition coefficient (Wildman–Crippen LogP) is 1.72. The molecule has 1 atom stereocenters. The highest BCUT2D eigenvalue weighted by Gasteiger charge is 2.34. The number of hydrogen-bond donors (Lipinski definition) is 1. The van der Waals surface area contributed by atoms with E-state index in [0.717, 1.165) is 0 Å². The Bertz CT molecular complexity index is 154. The van der Waals surface area contributed by atoms with E-state index < -0.39 is 0 Å². The summed E-state index contributed by atoms with van der Waals surface area (Å²) in [5.41, 5.74) is 0.488. The lowest BCUT2D eigenvalue weighted by Crippen LogP contribution is -2.42. The average Bonchev–Trinajstić information content (AvgIpc) is 2.31. The largest absolute Gasteiger partial charge is 0.312 e. The summed E-state index contributed by atoms with van der Waals surface area (Å²) >= 11 is 0. The Morgan fingerprint density at radius 2 is 2.15 bits per heavy atom. The van der Waals surface area contributed by atoms with Crippen molar-refractivity contribution in [3.05, 3.63) is 0 Å². The number of rotatable bonds is 4. The Morgan fingerprint density at radius 1 is 1.46 bits per heavy atom. The van der Waals surface area contributed by atoms with Crippen LogP contribution in [0.3, 0.4) is 0 Å². The maximum Gasteiger partial charge on any atom is 0.0246 e. The molecule has 78 valence electrons. The van der Waals surface area contributed by atoms with Crippen LogP contribution < -0.4 is 5.32 Å². The molecular formula is C11H24N2. The summed E-state index contributed by atoms with van der Waals surface area (Å²) in [6.45, 7) is 10.6. The van der Waals surface area contributed by atoms with Gasteiger partial charge in [-0.15, -0.1) is 0 Å². The van der Waals surface area contributed by atoms with E-state index in [0.29, 0.717) is 11.5 Å². The quantitative estimate of drug-likeness (QED) is 0.715. The molecule has 0 amide bonds. The van der Waals surface area contributed by atoms with Crippen molar-refractivity contribution in [1.29, 1.82) is 0 Å². The van der Waals surface area contributed by atoms with Crippen LogP contribution in [0.25, 0.3) is 0 Å². The second-order valence-corrected chi connectivity index (χ2v) is 5.01. The molecule has 0 radical (unpaired) electrons. The van der Waals surface area contributed by atoms with Gasteiger partial charge in [-0.3, -0.25) is 0 Å². The summed E-state index contributed by atoms with van der Waals surface area (Å²) in [7, 11) is 2.22. The van der Waals surface area contributed by atoms with Crippen molar-refractivity contribution in [3.8, 4) is 0 Å². The SMILES string of the molecule is CCCN(C)CC1NCCC1(C)C. The minimum atomic E-state index is 0.488. The minimum absolute atomic E-state index is 0.488. The maximum absolute atomic E-state index is 3.59. The van der Waals surface area contributed by atoms with Crippen LogP contribution in [0.4, 0.5) is 0 Å². The van der Waals surface area contributed by atoms with Crippen LogP contribution in [-0.2, 0) is 0 Å². The van der Waals surface area contributed by atoms with Crippen LogP contribution in [0.1, 0.15) is 33.6 Å². The van der Waals surface area contributed by atoms with Crippen LogP contribution >= 0.6 is 0 Å². The van der Waals surface area contributed by atoms with Crippen molar-refractivity contribution in [3.63, 3.8) is 0 Å². The summed E-state index contributed by atoms with van der Waals surface area (Å²) in [5, 5.41) is 3.59. The molecular weight excluding hydrogens is 160 g/mol. The van der Waals surface area contributed by atoms with Gasteiger partial charge in [-0.1, -0.05) is 20.8 Å². The first-order valence-electron chi connectivity index (χ1n) is 5.48. The summed E-state index contributed by atoms with van der Waals surface area (Å²) in [6.07, 6.45) is 2.57. The highest BCUT2D eigenvalue weighted by atomic mass is 15.1. The van der Waals surface area contributed by atoms with E-state index in [-0.39, 0.29) is 0 Å². The van der Waals surface area contributed by atoms with Crippen LogP contribution in [0.15, 0.2) is 0 Å². The average molecular weight is 184 g/mol. The molecule has 0 aliphatic carbocycles. The van der Waals surface area contributed by atoms with Gasteiger partial charge in [0.1, 0.15) is 0 Å². The predicted molar refractivity (Wildman–Crippen MR) is 58.0 cm³/mol. The molecule has 0 bridgehead atoms. The zero-order chi connectivity index (χ0) is 9.90. The van der Waals surface area contributed by atoms with Gasteiger partial charge in [-0.05, 0) is 38.4 Å². The Hall–Kier alpha value is -0.0800. The Kier molecular flexibility index (Phi) is 3.74. The highest BCUT2D eigenvalue weighted by Crippen LogP contribution is 2.29. The molecule has 13 heavy (non-hydrogen) atoms. The summed E-state index contributed by atoms with van der Waals surface area (Å²) in [5.74, 6) is 0. The summed E-state index contributed by atoms with van der Waals surface area (Å²) in [4.78, 5) is 2.44. The molecule has 0 aromatic rings. The normalized spacial score (nSPS) is 27.0. The fourth-order valence-electron chi connectivity index (χ4n) is 2.12. The van der Waals surface area contributed by atoms with E-state index in [1.165, 1.54) is 32.5 Å². The molecule has 1 rings (SSSR count). The summed E-state index contributed by atoms with van der Waals surface area (Å²) in [6, 6.07) is 0.684. The van der Waals surface area contributed by atoms with Crippen molar-refractivity contribution < 1.29 is 0 Å². The molecule has 1 aliphatic heterocycles. The van der Waals surface area contributed by atoms with Gasteiger partial charge in [-0.2, -0.15) is 0 Å². The maximum atomic E-state index is 3.59. The van der Waals surface area contributed by atoms with Gasteiger partial charge in [0.15, 0.2) is 0 Å². The van der Waals surface area contributed by atoms with Gasteiger partial charge in [0.05, 0.1) is 0 Å². The molecule has 2 nitrogen and oxygen atoms in total. The molecule has 1 unspecified atom stereocenters. The third-order valence-electron chi connectivity index (χ3n) is 3.20. The topological polar surface area (TPSA) is 15.3 Å². The van der Waals surface area contributed by atoms with Crippen LogP contribution in [0.5, 0.6) is 0 Å². The van der Waals surface area contributed by atoms with E-state index in [2.05, 4.69) is 38.0 Å². The van der Waals surface area contributed by atoms with Crippen molar-refractivity contribution >= 4 is 0 Å². The first-order valence-corrected chi connectivity index (χ1v) is 5.48. The van der Waals surface area contributed by atoms with E-state index in [1.54, 1.807) is 0 Å². The summed E-state index contributed by atoms with van der Waals surface area (Å²) < 4.78 is 0. The molecule has 1 heterocycles. The van der Waals surface area contributed by atoms with Crippen molar-refractivity contribution in [2.75, 3.05) is 26.7 Å². The Morgan fingerprint density at radius 3 is 2.62 bits per heavy atom. The number of nitrogens with zero attached hydrogens (tertiary/aromatic N) is 1. The fourth-order valence-corrected chi connectivity index (χ4v) is 2.12. The standard InChI is InChI=1S/C11H24N2/c1-5-8-13(4)9-10-11(2,3)6-7-12-10/h10,12H,5-9H2,1-4H3. The first kappa shape index (κ1) is 11.0.